The predicted octanol–water partition coefficient (Wildman–Crippen LogP) is 3.70. The molecule has 0 aliphatic carbocycles. The molecular weight excluding hydrogens is 240 g/mol. The molecule has 0 aliphatic rings. The van der Waals surface area contributed by atoms with E-state index in [-0.39, 0.29) is 0 Å². The molecule has 3 aromatic rings. The molecule has 0 fully saturated rings. The molecule has 3 rings (SSSR count). The van der Waals surface area contributed by atoms with Crippen LogP contribution in [0, 0.1) is 0 Å². The highest BCUT2D eigenvalue weighted by atomic mass is 16.5. The first-order chi connectivity index (χ1) is 9.17. The first-order valence-corrected chi connectivity index (χ1v) is 5.92. The molecule has 0 atom stereocenters. The van der Waals surface area contributed by atoms with Gasteiger partial charge in [-0.15, -0.1) is 0 Å². The van der Waals surface area contributed by atoms with Gasteiger partial charge in [0, 0.05) is 0 Å². The van der Waals surface area contributed by atoms with Crippen molar-refractivity contribution in [1.29, 1.82) is 0 Å². The molecule has 19 heavy (non-hydrogen) atoms. The summed E-state index contributed by atoms with van der Waals surface area (Å²) in [5.74, 6) is -0.0919. The van der Waals surface area contributed by atoms with Gasteiger partial charge in [-0.2, -0.15) is 0 Å². The van der Waals surface area contributed by atoms with Crippen LogP contribution in [0.4, 0.5) is 0 Å². The summed E-state index contributed by atoms with van der Waals surface area (Å²) in [7, 11) is 1.64. The summed E-state index contributed by atoms with van der Waals surface area (Å²) in [5, 5.41) is 13.1. The highest BCUT2D eigenvalue weighted by Crippen LogP contribution is 2.26. The molecule has 3 nitrogen and oxygen atoms in total. The monoisotopic (exact) mass is 252 g/mol. The largest absolute Gasteiger partial charge is 0.497 e. The zero-order chi connectivity index (χ0) is 13.4. The van der Waals surface area contributed by atoms with Crippen molar-refractivity contribution in [2.45, 2.75) is 0 Å². The van der Waals surface area contributed by atoms with Gasteiger partial charge in [0.05, 0.1) is 12.7 Å². The van der Waals surface area contributed by atoms with Gasteiger partial charge in [0.2, 0.25) is 0 Å². The number of carboxylic acids is 1. The summed E-state index contributed by atoms with van der Waals surface area (Å²) in [6.45, 7) is 0. The lowest BCUT2D eigenvalue weighted by Crippen LogP contribution is -1.95. The number of hydrogen-bond acceptors (Lipinski definition) is 2. The Morgan fingerprint density at radius 3 is 2.16 bits per heavy atom. The fraction of sp³-hybridized carbons (Fsp3) is 0.0625. The van der Waals surface area contributed by atoms with Crippen LogP contribution in [0.5, 0.6) is 5.75 Å². The van der Waals surface area contributed by atoms with Crippen molar-refractivity contribution < 1.29 is 14.6 Å². The minimum Gasteiger partial charge on any atom is -0.497 e. The van der Waals surface area contributed by atoms with Crippen molar-refractivity contribution in [2.24, 2.45) is 0 Å². The van der Waals surface area contributed by atoms with Crippen LogP contribution in [0.15, 0.2) is 48.5 Å². The quantitative estimate of drug-likeness (QED) is 0.707. The second-order valence-electron chi connectivity index (χ2n) is 4.43. The van der Waals surface area contributed by atoms with Gasteiger partial charge < -0.3 is 9.84 Å². The maximum absolute atomic E-state index is 11.0. The fourth-order valence-corrected chi connectivity index (χ4v) is 2.24. The number of methoxy groups -OCH3 is 1. The van der Waals surface area contributed by atoms with E-state index in [2.05, 4.69) is 0 Å². The molecule has 94 valence electrons. The van der Waals surface area contributed by atoms with Crippen LogP contribution in [-0.2, 0) is 0 Å². The second kappa shape index (κ2) is 4.28. The van der Waals surface area contributed by atoms with Crippen molar-refractivity contribution in [2.75, 3.05) is 7.11 Å². The Bertz CT molecular complexity index is 790. The molecule has 0 bridgehead atoms. The number of aromatic carboxylic acids is 1. The molecule has 0 aliphatic heterocycles. The summed E-state index contributed by atoms with van der Waals surface area (Å²) >= 11 is 0. The Morgan fingerprint density at radius 1 is 0.895 bits per heavy atom. The molecule has 0 unspecified atom stereocenters. The highest BCUT2D eigenvalue weighted by Gasteiger charge is 2.05. The van der Waals surface area contributed by atoms with Gasteiger partial charge in [-0.1, -0.05) is 12.1 Å². The lowest BCUT2D eigenvalue weighted by atomic mass is 10.0. The van der Waals surface area contributed by atoms with Gasteiger partial charge in [-0.25, -0.2) is 4.79 Å². The van der Waals surface area contributed by atoms with Gasteiger partial charge in [0.25, 0.3) is 0 Å². The Morgan fingerprint density at radius 2 is 1.53 bits per heavy atom. The average Bonchev–Trinajstić information content (AvgIpc) is 2.43. The molecular formula is C16H12O3. The average molecular weight is 252 g/mol. The number of carbonyl (C=O) groups is 1. The maximum Gasteiger partial charge on any atom is 0.335 e. The molecule has 0 radical (unpaired) electrons. The molecule has 1 N–H and O–H groups in total. The van der Waals surface area contributed by atoms with Gasteiger partial charge in [-0.3, -0.25) is 0 Å². The molecule has 0 heterocycles. The van der Waals surface area contributed by atoms with Gasteiger partial charge >= 0.3 is 5.97 Å². The van der Waals surface area contributed by atoms with E-state index in [1.54, 1.807) is 19.2 Å². The van der Waals surface area contributed by atoms with Crippen LogP contribution in [-0.4, -0.2) is 18.2 Å². The fourth-order valence-electron chi connectivity index (χ4n) is 2.24. The first-order valence-electron chi connectivity index (χ1n) is 5.92. The van der Waals surface area contributed by atoms with E-state index in [0.717, 1.165) is 27.3 Å². The van der Waals surface area contributed by atoms with Crippen molar-refractivity contribution in [1.82, 2.24) is 0 Å². The van der Waals surface area contributed by atoms with E-state index < -0.39 is 5.97 Å². The zero-order valence-electron chi connectivity index (χ0n) is 10.4. The van der Waals surface area contributed by atoms with E-state index in [9.17, 15) is 4.79 Å². The molecule has 0 saturated heterocycles. The standard InChI is InChI=1S/C16H12O3/c1-19-15-5-4-11-6-13-8-12(16(17)18)3-2-10(13)7-14(11)9-15/h2-9H,1H3,(H,17,18). The highest BCUT2D eigenvalue weighted by molar-refractivity contribution is 6.01. The smallest absolute Gasteiger partial charge is 0.335 e. The summed E-state index contributed by atoms with van der Waals surface area (Å²) in [6, 6.07) is 15.0. The van der Waals surface area contributed by atoms with E-state index in [1.165, 1.54) is 0 Å². The third kappa shape index (κ3) is 1.99. The summed E-state index contributed by atoms with van der Waals surface area (Å²) in [6.07, 6.45) is 0. The molecule has 0 amide bonds. The van der Waals surface area contributed by atoms with Crippen LogP contribution >= 0.6 is 0 Å². The van der Waals surface area contributed by atoms with Crippen LogP contribution in [0.1, 0.15) is 10.4 Å². The SMILES string of the molecule is COc1ccc2cc3cc(C(=O)O)ccc3cc2c1. The first kappa shape index (κ1) is 11.5. The van der Waals surface area contributed by atoms with Crippen LogP contribution < -0.4 is 4.74 Å². The molecule has 3 heteroatoms. The minimum absolute atomic E-state index is 0.306. The van der Waals surface area contributed by atoms with E-state index in [4.69, 9.17) is 9.84 Å². The maximum atomic E-state index is 11.0. The topological polar surface area (TPSA) is 46.5 Å². The Kier molecular flexibility index (Phi) is 2.60. The lowest BCUT2D eigenvalue weighted by molar-refractivity contribution is 0.0697. The van der Waals surface area contributed by atoms with Crippen LogP contribution in [0.3, 0.4) is 0 Å². The predicted molar refractivity (Wildman–Crippen MR) is 75.0 cm³/mol. The molecule has 3 aromatic carbocycles. The summed E-state index contributed by atoms with van der Waals surface area (Å²) in [4.78, 5) is 11.0. The summed E-state index contributed by atoms with van der Waals surface area (Å²) < 4.78 is 5.21. The van der Waals surface area contributed by atoms with Crippen molar-refractivity contribution in [3.8, 4) is 5.75 Å². The second-order valence-corrected chi connectivity index (χ2v) is 4.43. The van der Waals surface area contributed by atoms with Crippen LogP contribution in [0.25, 0.3) is 21.5 Å². The summed E-state index contributed by atoms with van der Waals surface area (Å²) in [5.41, 5.74) is 0.306. The number of carboxylic acid groups (broad SMARTS) is 1. The van der Waals surface area contributed by atoms with E-state index >= 15 is 0 Å². The van der Waals surface area contributed by atoms with E-state index in [1.807, 2.05) is 36.4 Å². The van der Waals surface area contributed by atoms with Gasteiger partial charge in [0.15, 0.2) is 0 Å². The Hall–Kier alpha value is -2.55. The van der Waals surface area contributed by atoms with Gasteiger partial charge in [0.1, 0.15) is 5.75 Å². The molecule has 0 saturated carbocycles. The van der Waals surface area contributed by atoms with Crippen molar-refractivity contribution in [3.05, 3.63) is 54.1 Å². The molecule has 0 spiro atoms. The Balaban J connectivity index is 2.28. The van der Waals surface area contributed by atoms with E-state index in [0.29, 0.717) is 5.56 Å². The number of hydrogen-bond donors (Lipinski definition) is 1. The van der Waals surface area contributed by atoms with Crippen LogP contribution in [0.2, 0.25) is 0 Å². The lowest BCUT2D eigenvalue weighted by Gasteiger charge is -2.05. The molecule has 0 aromatic heterocycles. The normalized spacial score (nSPS) is 10.8. The number of fused-ring (bicyclic) bond motifs is 2. The van der Waals surface area contributed by atoms with Crippen molar-refractivity contribution in [3.63, 3.8) is 0 Å². The minimum atomic E-state index is -0.906. The Labute approximate surface area is 110 Å². The van der Waals surface area contributed by atoms with Gasteiger partial charge in [-0.05, 0) is 57.9 Å². The van der Waals surface area contributed by atoms with Crippen molar-refractivity contribution >= 4 is 27.5 Å². The third-order valence-corrected chi connectivity index (χ3v) is 3.25. The zero-order valence-corrected chi connectivity index (χ0v) is 10.4. The third-order valence-electron chi connectivity index (χ3n) is 3.25. The number of ether oxygens (including phenoxy) is 1. The number of benzene rings is 3. The number of rotatable bonds is 2.